The van der Waals surface area contributed by atoms with Crippen LogP contribution in [0.15, 0.2) is 18.2 Å². The molecule has 9 heteroatoms. The summed E-state index contributed by atoms with van der Waals surface area (Å²) in [5.74, 6) is 0.105. The molecule has 0 unspecified atom stereocenters. The molecule has 1 saturated heterocycles. The summed E-state index contributed by atoms with van der Waals surface area (Å²) in [6, 6.07) is 6.16. The molecule has 1 aliphatic rings. The number of nitro benzene ring substituents is 1. The van der Waals surface area contributed by atoms with Crippen LogP contribution in [-0.4, -0.2) is 38.2 Å². The van der Waals surface area contributed by atoms with Gasteiger partial charge in [-0.25, -0.2) is 13.1 Å². The fraction of sp³-hybridized carbons (Fsp3) is 0.533. The maximum absolute atomic E-state index is 11.8. The van der Waals surface area contributed by atoms with Crippen molar-refractivity contribution in [3.8, 4) is 6.07 Å². The van der Waals surface area contributed by atoms with E-state index in [1.165, 1.54) is 6.07 Å². The number of hydrogen-bond donors (Lipinski definition) is 1. The molecule has 8 nitrogen and oxygen atoms in total. The summed E-state index contributed by atoms with van der Waals surface area (Å²) in [6.45, 7) is 2.85. The highest BCUT2D eigenvalue weighted by molar-refractivity contribution is 7.89. The molecule has 1 aromatic rings. The Morgan fingerprint density at radius 2 is 2.08 bits per heavy atom. The number of sulfonamides is 1. The van der Waals surface area contributed by atoms with E-state index >= 15 is 0 Å². The third kappa shape index (κ3) is 4.43. The Bertz CT molecular complexity index is 749. The van der Waals surface area contributed by atoms with Crippen LogP contribution < -0.4 is 9.62 Å². The first-order chi connectivity index (χ1) is 11.4. The van der Waals surface area contributed by atoms with Crippen LogP contribution in [0, 0.1) is 21.4 Å². The lowest BCUT2D eigenvalue weighted by Crippen LogP contribution is -2.45. The van der Waals surface area contributed by atoms with Crippen molar-refractivity contribution in [2.24, 2.45) is 0 Å². The number of anilines is 1. The topological polar surface area (TPSA) is 116 Å². The van der Waals surface area contributed by atoms with Crippen LogP contribution in [0.5, 0.6) is 0 Å². The maximum Gasteiger partial charge on any atom is 0.293 e. The predicted molar refractivity (Wildman–Crippen MR) is 90.3 cm³/mol. The van der Waals surface area contributed by atoms with E-state index in [0.717, 1.165) is 0 Å². The summed E-state index contributed by atoms with van der Waals surface area (Å²) in [6.07, 6.45) is 1.73. The quantitative estimate of drug-likeness (QED) is 0.616. The van der Waals surface area contributed by atoms with Crippen LogP contribution in [0.3, 0.4) is 0 Å². The zero-order chi connectivity index (χ0) is 17.7. The van der Waals surface area contributed by atoms with E-state index in [4.69, 9.17) is 5.26 Å². The number of nitrogens with zero attached hydrogens (tertiary/aromatic N) is 3. The van der Waals surface area contributed by atoms with Crippen LogP contribution in [0.2, 0.25) is 0 Å². The number of nitriles is 1. The molecular formula is C15H20N4O4S. The number of hydrogen-bond acceptors (Lipinski definition) is 6. The Labute approximate surface area is 141 Å². The van der Waals surface area contributed by atoms with Gasteiger partial charge >= 0.3 is 0 Å². The molecule has 0 saturated carbocycles. The Balaban J connectivity index is 2.08. The normalized spacial score (nSPS) is 15.9. The molecule has 1 N–H and O–H groups in total. The molecule has 1 aromatic carbocycles. The molecule has 0 bridgehead atoms. The van der Waals surface area contributed by atoms with Crippen molar-refractivity contribution in [1.82, 2.24) is 4.72 Å². The first-order valence-corrected chi connectivity index (χ1v) is 9.45. The van der Waals surface area contributed by atoms with Crippen molar-refractivity contribution in [3.63, 3.8) is 0 Å². The second-order valence-corrected chi connectivity index (χ2v) is 7.64. The number of nitrogens with one attached hydrogen (secondary N) is 1. The summed E-state index contributed by atoms with van der Waals surface area (Å²) in [7, 11) is -3.26. The van der Waals surface area contributed by atoms with E-state index in [1.54, 1.807) is 12.1 Å². The first kappa shape index (κ1) is 18.2. The lowest BCUT2D eigenvalue weighted by molar-refractivity contribution is -0.384. The van der Waals surface area contributed by atoms with Gasteiger partial charge in [0.2, 0.25) is 10.0 Å². The predicted octanol–water partition coefficient (Wildman–Crippen LogP) is 1.76. The molecular weight excluding hydrogens is 332 g/mol. The van der Waals surface area contributed by atoms with Crippen molar-refractivity contribution in [1.29, 1.82) is 5.26 Å². The molecule has 130 valence electrons. The first-order valence-electron chi connectivity index (χ1n) is 7.79. The molecule has 2 rings (SSSR count). The highest BCUT2D eigenvalue weighted by atomic mass is 32.2. The van der Waals surface area contributed by atoms with E-state index in [2.05, 4.69) is 4.72 Å². The fourth-order valence-electron chi connectivity index (χ4n) is 2.83. The molecule has 0 amide bonds. The van der Waals surface area contributed by atoms with Crippen LogP contribution in [0.1, 0.15) is 31.7 Å². The van der Waals surface area contributed by atoms with Crippen molar-refractivity contribution >= 4 is 21.4 Å². The number of rotatable bonds is 6. The van der Waals surface area contributed by atoms with E-state index in [1.807, 2.05) is 17.9 Å². The Hall–Kier alpha value is -2.18. The summed E-state index contributed by atoms with van der Waals surface area (Å²) in [5.41, 5.74) is 0.612. The van der Waals surface area contributed by atoms with Crippen molar-refractivity contribution < 1.29 is 13.3 Å². The second kappa shape index (κ2) is 7.59. The summed E-state index contributed by atoms with van der Waals surface area (Å²) in [4.78, 5) is 12.6. The van der Waals surface area contributed by atoms with Gasteiger partial charge in [-0.05, 0) is 31.4 Å². The molecule has 0 atom stereocenters. The average molecular weight is 352 g/mol. The van der Waals surface area contributed by atoms with Gasteiger partial charge in [0.1, 0.15) is 5.69 Å². The van der Waals surface area contributed by atoms with Crippen LogP contribution in [0.25, 0.3) is 0 Å². The van der Waals surface area contributed by atoms with Gasteiger partial charge in [-0.3, -0.25) is 10.1 Å². The zero-order valence-electron chi connectivity index (χ0n) is 13.4. The Morgan fingerprint density at radius 3 is 2.62 bits per heavy atom. The molecule has 1 fully saturated rings. The van der Waals surface area contributed by atoms with E-state index in [-0.39, 0.29) is 23.0 Å². The second-order valence-electron chi connectivity index (χ2n) is 5.77. The van der Waals surface area contributed by atoms with Gasteiger partial charge in [0, 0.05) is 25.2 Å². The molecule has 0 radical (unpaired) electrons. The molecule has 0 aliphatic carbocycles. The van der Waals surface area contributed by atoms with Gasteiger partial charge < -0.3 is 4.90 Å². The number of piperidine rings is 1. The minimum Gasteiger partial charge on any atom is -0.366 e. The van der Waals surface area contributed by atoms with Crippen LogP contribution in [-0.2, 0) is 10.0 Å². The molecule has 0 spiro atoms. The lowest BCUT2D eigenvalue weighted by atomic mass is 10.0. The average Bonchev–Trinajstić information content (AvgIpc) is 2.54. The van der Waals surface area contributed by atoms with E-state index in [9.17, 15) is 18.5 Å². The third-order valence-electron chi connectivity index (χ3n) is 3.96. The van der Waals surface area contributed by atoms with Crippen LogP contribution >= 0.6 is 0 Å². The van der Waals surface area contributed by atoms with Gasteiger partial charge in [0.05, 0.1) is 22.3 Å². The summed E-state index contributed by atoms with van der Waals surface area (Å²) in [5, 5.41) is 20.1. The van der Waals surface area contributed by atoms with Crippen molar-refractivity contribution in [2.45, 2.75) is 32.2 Å². The monoisotopic (exact) mass is 352 g/mol. The third-order valence-corrected chi connectivity index (χ3v) is 5.59. The van der Waals surface area contributed by atoms with Gasteiger partial charge in [0.15, 0.2) is 0 Å². The van der Waals surface area contributed by atoms with Gasteiger partial charge in [-0.2, -0.15) is 5.26 Å². The molecule has 0 aromatic heterocycles. The van der Waals surface area contributed by atoms with Crippen molar-refractivity contribution in [2.75, 3.05) is 23.7 Å². The van der Waals surface area contributed by atoms with Gasteiger partial charge in [-0.15, -0.1) is 0 Å². The van der Waals surface area contributed by atoms with Crippen molar-refractivity contribution in [3.05, 3.63) is 33.9 Å². The number of nitro groups is 1. The van der Waals surface area contributed by atoms with Gasteiger partial charge in [0.25, 0.3) is 5.69 Å². The molecule has 24 heavy (non-hydrogen) atoms. The molecule has 1 aliphatic heterocycles. The zero-order valence-corrected chi connectivity index (χ0v) is 14.3. The van der Waals surface area contributed by atoms with E-state index in [0.29, 0.717) is 38.0 Å². The maximum atomic E-state index is 11.8. The Kier molecular flexibility index (Phi) is 5.75. The van der Waals surface area contributed by atoms with E-state index < -0.39 is 14.9 Å². The lowest BCUT2D eigenvalue weighted by Gasteiger charge is -2.33. The minimum absolute atomic E-state index is 0.0981. The van der Waals surface area contributed by atoms with Gasteiger partial charge in [-0.1, -0.05) is 6.92 Å². The number of benzene rings is 1. The molecule has 1 heterocycles. The largest absolute Gasteiger partial charge is 0.366 e. The highest BCUT2D eigenvalue weighted by Gasteiger charge is 2.27. The summed E-state index contributed by atoms with van der Waals surface area (Å²) < 4.78 is 26.3. The fourth-order valence-corrected chi connectivity index (χ4v) is 4.23. The minimum atomic E-state index is -3.26. The Morgan fingerprint density at radius 1 is 1.42 bits per heavy atom. The smallest absolute Gasteiger partial charge is 0.293 e. The standard InChI is InChI=1S/C15H20N4O4S/c1-2-9-24(22,23)17-13-5-7-18(8-6-13)14-4-3-12(11-16)10-15(14)19(20)21/h3-4,10,13,17H,2,5-9H2,1H3. The summed E-state index contributed by atoms with van der Waals surface area (Å²) >= 11 is 0. The SMILES string of the molecule is CCCS(=O)(=O)NC1CCN(c2ccc(C#N)cc2[N+](=O)[O-])CC1. The van der Waals surface area contributed by atoms with Crippen LogP contribution in [0.4, 0.5) is 11.4 Å². The highest BCUT2D eigenvalue weighted by Crippen LogP contribution is 2.31.